The normalized spacial score (nSPS) is 12.3. The second-order valence-electron chi connectivity index (χ2n) is 4.68. The molecule has 0 aliphatic heterocycles. The third-order valence-corrected chi connectivity index (χ3v) is 3.20. The first-order chi connectivity index (χ1) is 9.08. The first kappa shape index (κ1) is 13.4. The van der Waals surface area contributed by atoms with Crippen molar-refractivity contribution in [3.63, 3.8) is 0 Å². The summed E-state index contributed by atoms with van der Waals surface area (Å²) in [5.74, 6) is -1.33. The van der Waals surface area contributed by atoms with Crippen molar-refractivity contribution in [1.29, 1.82) is 0 Å². The monoisotopic (exact) mass is 256 g/mol. The lowest BCUT2D eigenvalue weighted by Crippen LogP contribution is -2.51. The Morgan fingerprint density at radius 3 is 2.63 bits per heavy atom. The molecule has 0 saturated heterocycles. The number of hydrogen-bond donors (Lipinski definition) is 1. The first-order valence-electron chi connectivity index (χ1n) is 6.20. The van der Waals surface area contributed by atoms with E-state index in [1.165, 1.54) is 0 Å². The Kier molecular flexibility index (Phi) is 4.05. The van der Waals surface area contributed by atoms with Crippen LogP contribution in [0.4, 0.5) is 0 Å². The number of carbonyl (C=O) groups is 1. The Balaban J connectivity index is 2.16. The molecule has 0 aliphatic carbocycles. The standard InChI is InChI=1S/C14H16BN2O2/c1-16-8-9-17(2)14(16)15-12(13(18)19)10-11-6-4-3-5-7-11/h3-9,12H,10H2,1-2H3/q-1/p+1. The highest BCUT2D eigenvalue weighted by molar-refractivity contribution is 6.56. The fourth-order valence-corrected chi connectivity index (χ4v) is 2.10. The fourth-order valence-electron chi connectivity index (χ4n) is 2.10. The molecule has 1 N–H and O–H groups in total. The fraction of sp³-hybridized carbons (Fsp3) is 0.286. The molecule has 1 aromatic heterocycles. The minimum Gasteiger partial charge on any atom is -0.484 e. The molecule has 2 rings (SSSR count). The van der Waals surface area contributed by atoms with Gasteiger partial charge >= 0.3 is 0 Å². The molecule has 5 heteroatoms. The van der Waals surface area contributed by atoms with Crippen LogP contribution in [0.5, 0.6) is 0 Å². The van der Waals surface area contributed by atoms with Crippen LogP contribution in [0.1, 0.15) is 5.56 Å². The van der Waals surface area contributed by atoms with E-state index >= 15 is 0 Å². The molecular weight excluding hydrogens is 239 g/mol. The summed E-state index contributed by atoms with van der Waals surface area (Å²) in [4.78, 5) is 11.4. The van der Waals surface area contributed by atoms with Crippen LogP contribution < -0.4 is 10.3 Å². The summed E-state index contributed by atoms with van der Waals surface area (Å²) in [5.41, 5.74) is 1.92. The lowest BCUT2D eigenvalue weighted by Gasteiger charge is -2.22. The molecule has 98 valence electrons. The highest BCUT2D eigenvalue weighted by atomic mass is 16.4. The minimum atomic E-state index is -0.801. The molecule has 2 radical (unpaired) electrons. The average molecular weight is 256 g/mol. The molecule has 0 bridgehead atoms. The van der Waals surface area contributed by atoms with Gasteiger partial charge in [-0.1, -0.05) is 42.3 Å². The van der Waals surface area contributed by atoms with Gasteiger partial charge in [-0.25, -0.2) is 0 Å². The maximum atomic E-state index is 11.4. The van der Waals surface area contributed by atoms with Gasteiger partial charge in [0.25, 0.3) is 5.97 Å². The number of imidazole rings is 1. The van der Waals surface area contributed by atoms with E-state index in [-0.39, 0.29) is 0 Å². The van der Waals surface area contributed by atoms with Gasteiger partial charge in [0.2, 0.25) is 0 Å². The summed E-state index contributed by atoms with van der Waals surface area (Å²) in [6, 6.07) is 9.69. The SMILES string of the molecule is Cn1cc[n+](C)c1[B-]C(Cc1ccccc1)C(=O)O. The smallest absolute Gasteiger partial charge is 0.266 e. The minimum absolute atomic E-state index is 0.501. The summed E-state index contributed by atoms with van der Waals surface area (Å²) in [5, 5.41) is 9.37. The number of aliphatic carboxylic acids is 1. The van der Waals surface area contributed by atoms with Gasteiger partial charge in [0.1, 0.15) is 12.4 Å². The number of aromatic nitrogens is 2. The number of nitrogens with zero attached hydrogens (tertiary/aromatic N) is 2. The third kappa shape index (κ3) is 3.25. The van der Waals surface area contributed by atoms with Crippen LogP contribution in [0.15, 0.2) is 42.7 Å². The molecule has 1 unspecified atom stereocenters. The number of hydrogen-bond acceptors (Lipinski definition) is 1. The first-order valence-corrected chi connectivity index (χ1v) is 6.20. The van der Waals surface area contributed by atoms with Crippen molar-refractivity contribution in [1.82, 2.24) is 4.57 Å². The van der Waals surface area contributed by atoms with E-state index in [4.69, 9.17) is 0 Å². The van der Waals surface area contributed by atoms with E-state index in [2.05, 4.69) is 0 Å². The van der Waals surface area contributed by atoms with Crippen molar-refractivity contribution >= 4 is 19.0 Å². The lowest BCUT2D eigenvalue weighted by atomic mass is 9.61. The second kappa shape index (κ2) is 5.74. The van der Waals surface area contributed by atoms with Gasteiger partial charge in [-0.05, 0) is 0 Å². The Morgan fingerprint density at radius 2 is 2.11 bits per heavy atom. The number of benzene rings is 1. The topological polar surface area (TPSA) is 46.1 Å². The Bertz CT molecular complexity index is 547. The number of carboxylic acids is 1. The molecule has 0 spiro atoms. The molecule has 0 amide bonds. The summed E-state index contributed by atoms with van der Waals surface area (Å²) in [6.45, 7) is 0. The predicted molar refractivity (Wildman–Crippen MR) is 73.5 cm³/mol. The average Bonchev–Trinajstić information content (AvgIpc) is 2.70. The van der Waals surface area contributed by atoms with Gasteiger partial charge < -0.3 is 5.11 Å². The van der Waals surface area contributed by atoms with Gasteiger partial charge in [0.05, 0.1) is 14.1 Å². The number of carboxylic acid groups (broad SMARTS) is 1. The van der Waals surface area contributed by atoms with E-state index in [0.29, 0.717) is 6.42 Å². The van der Waals surface area contributed by atoms with Crippen molar-refractivity contribution in [2.75, 3.05) is 0 Å². The highest BCUT2D eigenvalue weighted by Gasteiger charge is 2.12. The van der Waals surface area contributed by atoms with Gasteiger partial charge in [0.15, 0.2) is 0 Å². The highest BCUT2D eigenvalue weighted by Crippen LogP contribution is 2.12. The van der Waals surface area contributed by atoms with E-state index < -0.39 is 11.8 Å². The zero-order valence-electron chi connectivity index (χ0n) is 11.2. The van der Waals surface area contributed by atoms with Crippen LogP contribution in [-0.4, -0.2) is 22.9 Å². The Morgan fingerprint density at radius 1 is 1.42 bits per heavy atom. The third-order valence-electron chi connectivity index (χ3n) is 3.20. The van der Waals surface area contributed by atoms with E-state index in [1.54, 1.807) is 7.28 Å². The van der Waals surface area contributed by atoms with E-state index in [1.807, 2.05) is 66.0 Å². The van der Waals surface area contributed by atoms with Crippen molar-refractivity contribution in [3.8, 4) is 0 Å². The predicted octanol–water partition coefficient (Wildman–Crippen LogP) is 0.295. The van der Waals surface area contributed by atoms with Crippen LogP contribution in [0.2, 0.25) is 5.82 Å². The summed E-state index contributed by atoms with van der Waals surface area (Å²) in [6.07, 6.45) is 4.32. The maximum absolute atomic E-state index is 11.4. The van der Waals surface area contributed by atoms with Crippen LogP contribution in [0.3, 0.4) is 0 Å². The van der Waals surface area contributed by atoms with Gasteiger partial charge in [-0.15, -0.1) is 5.82 Å². The summed E-state index contributed by atoms with van der Waals surface area (Å²) >= 11 is 0. The van der Waals surface area contributed by atoms with E-state index in [9.17, 15) is 9.90 Å². The van der Waals surface area contributed by atoms with Gasteiger partial charge in [-0.3, -0.25) is 13.9 Å². The van der Waals surface area contributed by atoms with Crippen LogP contribution in [-0.2, 0) is 25.3 Å². The summed E-state index contributed by atoms with van der Waals surface area (Å²) < 4.78 is 3.84. The molecule has 0 fully saturated rings. The largest absolute Gasteiger partial charge is 0.484 e. The quantitative estimate of drug-likeness (QED) is 0.617. The van der Waals surface area contributed by atoms with Crippen molar-refractivity contribution < 1.29 is 14.5 Å². The molecule has 4 nitrogen and oxygen atoms in total. The zero-order valence-corrected chi connectivity index (χ0v) is 11.2. The number of aryl methyl sites for hydroxylation is 2. The Hall–Kier alpha value is -2.04. The molecule has 19 heavy (non-hydrogen) atoms. The molecule has 1 heterocycles. The van der Waals surface area contributed by atoms with Crippen molar-refractivity contribution in [3.05, 3.63) is 48.3 Å². The lowest BCUT2D eigenvalue weighted by molar-refractivity contribution is -0.653. The van der Waals surface area contributed by atoms with E-state index in [0.717, 1.165) is 11.3 Å². The second-order valence-corrected chi connectivity index (χ2v) is 4.68. The maximum Gasteiger partial charge on any atom is 0.266 e. The van der Waals surface area contributed by atoms with Crippen LogP contribution in [0, 0.1) is 0 Å². The zero-order chi connectivity index (χ0) is 13.8. The van der Waals surface area contributed by atoms with Crippen LogP contribution >= 0.6 is 0 Å². The van der Waals surface area contributed by atoms with Crippen LogP contribution in [0.25, 0.3) is 0 Å². The number of rotatable bonds is 5. The molecule has 1 atom stereocenters. The summed E-state index contributed by atoms with van der Waals surface area (Å²) in [7, 11) is 5.62. The molecule has 0 aliphatic rings. The van der Waals surface area contributed by atoms with Crippen molar-refractivity contribution in [2.45, 2.75) is 12.2 Å². The van der Waals surface area contributed by atoms with Gasteiger partial charge in [0, 0.05) is 5.72 Å². The Labute approximate surface area is 113 Å². The molecular formula is C14H17BN2O2. The van der Waals surface area contributed by atoms with Crippen molar-refractivity contribution in [2.24, 2.45) is 14.1 Å². The molecule has 2 aromatic rings. The molecule has 0 saturated carbocycles. The molecule has 1 aromatic carbocycles. The van der Waals surface area contributed by atoms with Gasteiger partial charge in [-0.2, -0.15) is 7.28 Å².